The number of carbonyl (C=O) groups excluding carboxylic acids is 8. The Morgan fingerprint density at radius 3 is 1.14 bits per heavy atom. The second kappa shape index (κ2) is 44.7. The molecule has 0 spiro atoms. The smallest absolute Gasteiger partial charge is 0.280 e. The van der Waals surface area contributed by atoms with Crippen molar-refractivity contribution in [3.8, 4) is 41.8 Å². The van der Waals surface area contributed by atoms with E-state index in [1.807, 2.05) is 128 Å². The SMILES string of the molecule is CC[C@H](CO)NC(=O)c1nc(C(=O)N2CCC[C@@H]2C)c(-c2cnc(NC(C)C)cc2C)s1.C[C@H]1CCCN1C(=O)c1nc(C(=O)NC2CC(O)C2)sc1-c1cnc(NC(C)(C)C)cc1C(F)F.C[C@H]1CCCN1C(=O)c1nc(C(=O)N[C@@H]2CC[C@H]2O)sc1-c1cnc(NC(C)(C)C)cc1C(F)F.Cc1cc(NC(C)C)ncc1-c1sc(C(=O)N[C@@H]2CC[C@@H](O)C2)nc1C(=O)N1CC(F)(F)C[C@@H]1C. The molecular weight excluding hydrogens is 1860 g/mol. The van der Waals surface area contributed by atoms with Gasteiger partial charge in [0.15, 0.2) is 20.0 Å². The maximum atomic E-state index is 14.2. The van der Waals surface area contributed by atoms with Crippen LogP contribution in [0.15, 0.2) is 49.1 Å². The number of halogens is 6. The predicted octanol–water partition coefficient (Wildman–Crippen LogP) is 15.8. The Labute approximate surface area is 809 Å². The van der Waals surface area contributed by atoms with Crippen molar-refractivity contribution in [1.82, 2.24) is 80.7 Å². The van der Waals surface area contributed by atoms with E-state index in [2.05, 4.69) is 82.4 Å². The van der Waals surface area contributed by atoms with E-state index in [-0.39, 0.29) is 165 Å². The molecule has 0 aromatic carbocycles. The Hall–Kier alpha value is -10.5. The summed E-state index contributed by atoms with van der Waals surface area (Å²) >= 11 is 4.04. The Bertz CT molecular complexity index is 5680. The molecule has 4 saturated heterocycles. The summed E-state index contributed by atoms with van der Waals surface area (Å²) in [4.78, 5) is 148. The molecule has 4 aliphatic heterocycles. The molecular formula is C95H126F6N20O12S4. The van der Waals surface area contributed by atoms with Crippen molar-refractivity contribution in [1.29, 1.82) is 0 Å². The molecule has 42 heteroatoms. The van der Waals surface area contributed by atoms with Crippen LogP contribution in [-0.4, -0.2) is 256 Å². The van der Waals surface area contributed by atoms with Gasteiger partial charge in [0.05, 0.1) is 63.1 Å². The van der Waals surface area contributed by atoms with E-state index in [1.165, 1.54) is 35.9 Å². The number of hydrogen-bond donors (Lipinski definition) is 12. The third kappa shape index (κ3) is 26.4. The van der Waals surface area contributed by atoms with E-state index in [9.17, 15) is 85.1 Å². The molecule has 7 aliphatic rings. The topological polar surface area (TPSA) is 430 Å². The molecule has 12 heterocycles. The molecule has 0 bridgehead atoms. The van der Waals surface area contributed by atoms with Crippen LogP contribution in [0.25, 0.3) is 41.8 Å². The van der Waals surface area contributed by atoms with Gasteiger partial charge in [0.1, 0.15) is 46.0 Å². The molecule has 15 rings (SSSR count). The van der Waals surface area contributed by atoms with E-state index in [1.54, 1.807) is 29.1 Å². The second-order valence-corrected chi connectivity index (χ2v) is 43.0. The van der Waals surface area contributed by atoms with Gasteiger partial charge in [-0.2, -0.15) is 0 Å². The van der Waals surface area contributed by atoms with Crippen LogP contribution in [0.4, 0.5) is 49.6 Å². The highest BCUT2D eigenvalue weighted by Crippen LogP contribution is 2.45. The molecule has 0 radical (unpaired) electrons. The number of aryl methyl sites for hydroxylation is 2. The summed E-state index contributed by atoms with van der Waals surface area (Å²) < 4.78 is 84.8. The van der Waals surface area contributed by atoms with E-state index < -0.39 is 79.7 Å². The van der Waals surface area contributed by atoms with Crippen molar-refractivity contribution in [2.75, 3.05) is 54.1 Å². The molecule has 137 heavy (non-hydrogen) atoms. The molecule has 9 atom stereocenters. The number of pyridine rings is 4. The van der Waals surface area contributed by atoms with Crippen molar-refractivity contribution in [2.45, 2.75) is 323 Å². The number of carbonyl (C=O) groups is 8. The largest absolute Gasteiger partial charge is 0.394 e. The molecule has 8 aromatic rings. The van der Waals surface area contributed by atoms with Gasteiger partial charge in [0, 0.05) is 144 Å². The molecule has 744 valence electrons. The Balaban J connectivity index is 0.000000164. The Kier molecular flexibility index (Phi) is 34.4. The fraction of sp³-hybridized carbons (Fsp3) is 0.579. The quantitative estimate of drug-likeness (QED) is 0.0224. The average molecular weight is 1980 g/mol. The summed E-state index contributed by atoms with van der Waals surface area (Å²) in [6.07, 6.45) is 8.18. The van der Waals surface area contributed by atoms with Gasteiger partial charge in [0.2, 0.25) is 0 Å². The third-order valence-corrected chi connectivity index (χ3v) is 28.9. The summed E-state index contributed by atoms with van der Waals surface area (Å²) in [5, 5.41) is 62.7. The van der Waals surface area contributed by atoms with Crippen molar-refractivity contribution in [2.24, 2.45) is 0 Å². The van der Waals surface area contributed by atoms with Crippen LogP contribution in [0.3, 0.4) is 0 Å². The van der Waals surface area contributed by atoms with Crippen LogP contribution in [0.2, 0.25) is 0 Å². The van der Waals surface area contributed by atoms with Gasteiger partial charge in [0.25, 0.3) is 66.0 Å². The minimum atomic E-state index is -2.96. The molecule has 8 amide bonds. The van der Waals surface area contributed by atoms with Crippen LogP contribution in [0.5, 0.6) is 0 Å². The molecule has 0 unspecified atom stereocenters. The monoisotopic (exact) mass is 1980 g/mol. The first-order valence-corrected chi connectivity index (χ1v) is 50.0. The molecule has 32 nitrogen and oxygen atoms in total. The lowest BCUT2D eigenvalue weighted by Gasteiger charge is -2.32. The maximum absolute atomic E-state index is 14.2. The summed E-state index contributed by atoms with van der Waals surface area (Å²) in [7, 11) is 0. The summed E-state index contributed by atoms with van der Waals surface area (Å²) in [5.74, 6) is -4.34. The zero-order valence-electron chi connectivity index (χ0n) is 80.2. The van der Waals surface area contributed by atoms with Gasteiger partial charge < -0.3 is 82.6 Å². The Morgan fingerprint density at radius 2 is 0.832 bits per heavy atom. The number of rotatable bonds is 26. The maximum Gasteiger partial charge on any atom is 0.280 e. The number of nitrogens with zero attached hydrogens (tertiary/aromatic N) is 12. The molecule has 12 N–H and O–H groups in total. The number of thiazole rings is 4. The van der Waals surface area contributed by atoms with E-state index in [0.29, 0.717) is 109 Å². The lowest BCUT2D eigenvalue weighted by molar-refractivity contribution is 0.0117. The van der Waals surface area contributed by atoms with E-state index >= 15 is 0 Å². The highest BCUT2D eigenvalue weighted by Gasteiger charge is 2.47. The summed E-state index contributed by atoms with van der Waals surface area (Å²) in [5.41, 5.74) is 2.23. The average Bonchev–Trinajstić information content (AvgIpc) is 1.65. The fourth-order valence-corrected chi connectivity index (χ4v) is 21.2. The first-order valence-electron chi connectivity index (χ1n) is 46.7. The van der Waals surface area contributed by atoms with Crippen LogP contribution in [-0.2, 0) is 0 Å². The summed E-state index contributed by atoms with van der Waals surface area (Å²) in [6, 6.07) is 5.18. The molecule has 8 aromatic heterocycles. The van der Waals surface area contributed by atoms with Crippen molar-refractivity contribution >= 4 is 116 Å². The number of nitrogens with one attached hydrogen (secondary N) is 8. The van der Waals surface area contributed by atoms with E-state index in [0.717, 1.165) is 99.9 Å². The number of aliphatic hydroxyl groups is 4. The fourth-order valence-electron chi connectivity index (χ4n) is 17.1. The predicted molar refractivity (Wildman–Crippen MR) is 517 cm³/mol. The molecule has 3 aliphatic carbocycles. The van der Waals surface area contributed by atoms with Gasteiger partial charge in [-0.3, -0.25) is 38.4 Å². The third-order valence-electron chi connectivity index (χ3n) is 24.5. The normalized spacial score (nSPS) is 21.4. The number of aliphatic hydroxyl groups excluding tert-OH is 4. The lowest BCUT2D eigenvalue weighted by atomic mass is 9.89. The van der Waals surface area contributed by atoms with Gasteiger partial charge in [-0.05, 0) is 236 Å². The van der Waals surface area contributed by atoms with Crippen LogP contribution >= 0.6 is 45.3 Å². The van der Waals surface area contributed by atoms with E-state index in [4.69, 9.17) is 0 Å². The van der Waals surface area contributed by atoms with Gasteiger partial charge >= 0.3 is 0 Å². The van der Waals surface area contributed by atoms with Crippen molar-refractivity contribution in [3.63, 3.8) is 0 Å². The first-order chi connectivity index (χ1) is 64.5. The minimum Gasteiger partial charge on any atom is -0.394 e. The first kappa shape index (κ1) is 105. The van der Waals surface area contributed by atoms with Gasteiger partial charge in [-0.25, -0.2) is 66.2 Å². The Morgan fingerprint density at radius 1 is 0.467 bits per heavy atom. The zero-order valence-corrected chi connectivity index (χ0v) is 83.5. The van der Waals surface area contributed by atoms with Crippen LogP contribution in [0.1, 0.15) is 316 Å². The second-order valence-electron chi connectivity index (χ2n) is 39.0. The zero-order chi connectivity index (χ0) is 99.9. The highest BCUT2D eigenvalue weighted by molar-refractivity contribution is 7.18. The number of alkyl halides is 6. The highest BCUT2D eigenvalue weighted by atomic mass is 32.1. The molecule has 3 saturated carbocycles. The number of hydrogen-bond acceptors (Lipinski definition) is 28. The number of likely N-dealkylation sites (tertiary alicyclic amines) is 4. The van der Waals surface area contributed by atoms with Crippen molar-refractivity contribution in [3.05, 3.63) is 114 Å². The van der Waals surface area contributed by atoms with Gasteiger partial charge in [-0.1, -0.05) is 6.92 Å². The minimum absolute atomic E-state index is 0.00292. The summed E-state index contributed by atoms with van der Waals surface area (Å²) in [6.45, 7) is 33.6. The number of anilines is 4. The van der Waals surface area contributed by atoms with Crippen LogP contribution < -0.4 is 42.5 Å². The molecule has 7 fully saturated rings. The number of amides is 8. The van der Waals surface area contributed by atoms with Gasteiger partial charge in [-0.15, -0.1) is 45.3 Å². The lowest BCUT2D eigenvalue weighted by Crippen LogP contribution is -2.50. The van der Waals surface area contributed by atoms with Crippen LogP contribution in [0, 0.1) is 13.8 Å². The number of aromatic nitrogens is 8. The standard InChI is InChI=1S/3C24H31F2N5O3S.C23H33N5O3S/c1-12(2)28-18-7-13(3)17(10-27-18)20-19(23(34)31-11-24(25,26)9-14(31)4)30-22(35-20)21(33)29-15-5-6-16(32)8-15;1-12-6-5-9-31(12)23(34)18-19(35-22(29-18)21(33)28-15-7-8-16(15)32)14-11-27-17(30-24(2,3)4)10-13(14)20(25)26;1-12-6-5-7-31(12)23(34)18-19(35-22(29-18)21(33)28-13-8-14(32)9-13)16-11-27-17(30-24(2,3)4)10-15(16)20(25)26;1-6-16(12-29)26-21(30)22-27-19(23(31)28-9-7-8-15(28)5)20(32-22)17-11-24-18(10-14(17)4)25-13(2)3/h7,10,12,14-16,32H,5-6,8-9,11H2,1-4H3,(H,27,28)(H,29,33);10-12,15-16,20,32H,5-9H2,1-4H3,(H,27,30)(H,28,33);10-14,20,32H,5-9H2,1-4H3,(H,27,30)(H,28,33);10-11,13,15-16,29H,6-9,12H2,1-5H3,(H,24,25)(H,26,30)/t14-,15+,16+;12-,15+,16+;12-,13?,14?;15-,16+/m0000/s1. The van der Waals surface area contributed by atoms with Crippen molar-refractivity contribution < 1.29 is 85.1 Å².